The monoisotopic (exact) mass is 256 g/mol. The van der Waals surface area contributed by atoms with E-state index in [1.807, 2.05) is 38.0 Å². The van der Waals surface area contributed by atoms with E-state index in [2.05, 4.69) is 16.5 Å². The molecule has 0 aliphatic heterocycles. The lowest BCUT2D eigenvalue weighted by Crippen LogP contribution is -2.21. The van der Waals surface area contributed by atoms with Gasteiger partial charge in [0.25, 0.3) is 0 Å². The molecule has 4 heteroatoms. The predicted octanol–water partition coefficient (Wildman–Crippen LogP) is 2.34. The lowest BCUT2D eigenvalue weighted by atomic mass is 10.1. The van der Waals surface area contributed by atoms with E-state index in [1.165, 1.54) is 0 Å². The van der Waals surface area contributed by atoms with Gasteiger partial charge in [-0.1, -0.05) is 12.1 Å². The second kappa shape index (κ2) is 7.69. The normalized spacial score (nSPS) is 11.1. The summed E-state index contributed by atoms with van der Waals surface area (Å²) in [5.41, 5.74) is 1.91. The number of halogens is 1. The van der Waals surface area contributed by atoms with Crippen LogP contribution in [-0.4, -0.2) is 37.5 Å². The highest BCUT2D eigenvalue weighted by Crippen LogP contribution is 2.13. The van der Waals surface area contributed by atoms with Crippen LogP contribution >= 0.6 is 11.8 Å². The van der Waals surface area contributed by atoms with Crippen LogP contribution in [0.1, 0.15) is 11.1 Å². The molecule has 0 aromatic heterocycles. The Balaban J connectivity index is 2.64. The van der Waals surface area contributed by atoms with Crippen molar-refractivity contribution in [3.63, 3.8) is 0 Å². The summed E-state index contributed by atoms with van der Waals surface area (Å²) >= 11 is 1.81. The number of nitrogens with one attached hydrogen (secondary N) is 1. The van der Waals surface area contributed by atoms with E-state index < -0.39 is 0 Å². The highest BCUT2D eigenvalue weighted by atomic mass is 32.2. The molecule has 0 heterocycles. The fourth-order valence-corrected chi connectivity index (χ4v) is 2.17. The fourth-order valence-electron chi connectivity index (χ4n) is 1.68. The summed E-state index contributed by atoms with van der Waals surface area (Å²) < 4.78 is 13.6. The first-order chi connectivity index (χ1) is 8.17. The van der Waals surface area contributed by atoms with Crippen molar-refractivity contribution in [3.8, 4) is 0 Å². The Hall–Kier alpha value is -0.580. The van der Waals surface area contributed by atoms with Gasteiger partial charge in [-0.05, 0) is 32.0 Å². The van der Waals surface area contributed by atoms with E-state index in [-0.39, 0.29) is 5.82 Å². The fraction of sp³-hybridized carbons (Fsp3) is 0.538. The van der Waals surface area contributed by atoms with Crippen LogP contribution in [0, 0.1) is 5.82 Å². The van der Waals surface area contributed by atoms with Gasteiger partial charge >= 0.3 is 0 Å². The first-order valence-electron chi connectivity index (χ1n) is 5.76. The quantitative estimate of drug-likeness (QED) is 0.806. The summed E-state index contributed by atoms with van der Waals surface area (Å²) in [6.07, 6.45) is 2.09. The molecule has 0 unspecified atom stereocenters. The largest absolute Gasteiger partial charge is 0.316 e. The van der Waals surface area contributed by atoms with Crippen molar-refractivity contribution in [2.75, 3.05) is 32.6 Å². The Kier molecular flexibility index (Phi) is 6.55. The van der Waals surface area contributed by atoms with Crippen molar-refractivity contribution in [1.29, 1.82) is 0 Å². The van der Waals surface area contributed by atoms with Gasteiger partial charge in [-0.15, -0.1) is 0 Å². The van der Waals surface area contributed by atoms with Gasteiger partial charge in [0, 0.05) is 31.0 Å². The molecule has 2 nitrogen and oxygen atoms in total. The molecule has 0 fully saturated rings. The smallest absolute Gasteiger partial charge is 0.127 e. The first kappa shape index (κ1) is 14.5. The van der Waals surface area contributed by atoms with Gasteiger partial charge in [0.1, 0.15) is 5.82 Å². The molecule has 0 spiro atoms. The van der Waals surface area contributed by atoms with Crippen molar-refractivity contribution < 1.29 is 4.39 Å². The highest BCUT2D eigenvalue weighted by molar-refractivity contribution is 7.98. The zero-order chi connectivity index (χ0) is 12.7. The Labute approximate surface area is 108 Å². The standard InChI is InChI=1S/C13H21FN2S/c1-15-9-11-4-5-13(14)12(8-11)10-16(2)6-7-17-3/h4-5,8,15H,6-7,9-10H2,1-3H3. The van der Waals surface area contributed by atoms with Crippen molar-refractivity contribution >= 4 is 11.8 Å². The first-order valence-corrected chi connectivity index (χ1v) is 7.16. The van der Waals surface area contributed by atoms with Crippen LogP contribution in [0.2, 0.25) is 0 Å². The van der Waals surface area contributed by atoms with Gasteiger partial charge < -0.3 is 10.2 Å². The average Bonchev–Trinajstić information content (AvgIpc) is 2.31. The average molecular weight is 256 g/mol. The maximum absolute atomic E-state index is 13.6. The molecule has 1 aromatic rings. The van der Waals surface area contributed by atoms with E-state index in [1.54, 1.807) is 6.07 Å². The third-order valence-electron chi connectivity index (χ3n) is 2.61. The van der Waals surface area contributed by atoms with E-state index in [0.717, 1.165) is 30.0 Å². The van der Waals surface area contributed by atoms with E-state index in [0.29, 0.717) is 6.54 Å². The van der Waals surface area contributed by atoms with Crippen molar-refractivity contribution in [2.24, 2.45) is 0 Å². The predicted molar refractivity (Wildman–Crippen MR) is 73.9 cm³/mol. The molecule has 0 atom stereocenters. The number of benzene rings is 1. The molecular weight excluding hydrogens is 235 g/mol. The zero-order valence-corrected chi connectivity index (χ0v) is 11.6. The van der Waals surface area contributed by atoms with Gasteiger partial charge in [-0.2, -0.15) is 11.8 Å². The van der Waals surface area contributed by atoms with Crippen LogP contribution in [0.4, 0.5) is 4.39 Å². The second-order valence-electron chi connectivity index (χ2n) is 4.19. The molecule has 1 N–H and O–H groups in total. The van der Waals surface area contributed by atoms with Crippen molar-refractivity contribution in [1.82, 2.24) is 10.2 Å². The lowest BCUT2D eigenvalue weighted by molar-refractivity contribution is 0.342. The van der Waals surface area contributed by atoms with Crippen molar-refractivity contribution in [2.45, 2.75) is 13.1 Å². The molecule has 1 rings (SSSR count). The topological polar surface area (TPSA) is 15.3 Å². The molecule has 1 aromatic carbocycles. The highest BCUT2D eigenvalue weighted by Gasteiger charge is 2.06. The summed E-state index contributed by atoms with van der Waals surface area (Å²) in [5, 5.41) is 3.08. The number of thioether (sulfide) groups is 1. The third kappa shape index (κ3) is 5.06. The van der Waals surface area contributed by atoms with Gasteiger partial charge in [-0.25, -0.2) is 4.39 Å². The number of rotatable bonds is 7. The summed E-state index contributed by atoms with van der Waals surface area (Å²) in [6, 6.07) is 5.34. The lowest BCUT2D eigenvalue weighted by Gasteiger charge is -2.17. The van der Waals surface area contributed by atoms with E-state index in [4.69, 9.17) is 0 Å². The molecule has 0 amide bonds. The Morgan fingerprint density at radius 3 is 2.82 bits per heavy atom. The summed E-state index contributed by atoms with van der Waals surface area (Å²) in [4.78, 5) is 2.15. The maximum Gasteiger partial charge on any atom is 0.127 e. The molecule has 0 aliphatic rings. The molecule has 0 saturated carbocycles. The van der Waals surface area contributed by atoms with Crippen LogP contribution < -0.4 is 5.32 Å². The number of hydrogen-bond donors (Lipinski definition) is 1. The molecule has 17 heavy (non-hydrogen) atoms. The van der Waals surface area contributed by atoms with Crippen LogP contribution in [0.15, 0.2) is 18.2 Å². The van der Waals surface area contributed by atoms with Gasteiger partial charge in [0.2, 0.25) is 0 Å². The summed E-state index contributed by atoms with van der Waals surface area (Å²) in [6.45, 7) is 2.43. The second-order valence-corrected chi connectivity index (χ2v) is 5.17. The Morgan fingerprint density at radius 1 is 1.41 bits per heavy atom. The van der Waals surface area contributed by atoms with Crippen molar-refractivity contribution in [3.05, 3.63) is 35.1 Å². The van der Waals surface area contributed by atoms with E-state index in [9.17, 15) is 4.39 Å². The molecule has 0 radical (unpaired) electrons. The molecule has 96 valence electrons. The van der Waals surface area contributed by atoms with Gasteiger partial charge in [0.05, 0.1) is 0 Å². The van der Waals surface area contributed by atoms with Gasteiger partial charge in [-0.3, -0.25) is 0 Å². The van der Waals surface area contributed by atoms with Crippen LogP contribution in [0.25, 0.3) is 0 Å². The molecule has 0 saturated heterocycles. The Bertz CT molecular complexity index is 344. The Morgan fingerprint density at radius 2 is 2.18 bits per heavy atom. The molecular formula is C13H21FN2S. The number of hydrogen-bond acceptors (Lipinski definition) is 3. The van der Waals surface area contributed by atoms with Gasteiger partial charge in [0.15, 0.2) is 0 Å². The summed E-state index contributed by atoms with van der Waals surface area (Å²) in [5.74, 6) is 0.967. The SMILES string of the molecule is CNCc1ccc(F)c(CN(C)CCSC)c1. The van der Waals surface area contributed by atoms with Crippen LogP contribution in [-0.2, 0) is 13.1 Å². The van der Waals surface area contributed by atoms with Crippen LogP contribution in [0.5, 0.6) is 0 Å². The minimum absolute atomic E-state index is 0.110. The molecule has 0 aliphatic carbocycles. The minimum atomic E-state index is -0.110. The molecule has 0 bridgehead atoms. The maximum atomic E-state index is 13.6. The van der Waals surface area contributed by atoms with E-state index >= 15 is 0 Å². The number of nitrogens with zero attached hydrogens (tertiary/aromatic N) is 1. The zero-order valence-electron chi connectivity index (χ0n) is 10.8. The minimum Gasteiger partial charge on any atom is -0.316 e. The summed E-state index contributed by atoms with van der Waals surface area (Å²) in [7, 11) is 3.92. The third-order valence-corrected chi connectivity index (χ3v) is 3.20. The van der Waals surface area contributed by atoms with Crippen LogP contribution in [0.3, 0.4) is 0 Å².